The number of nitrogens with zero attached hydrogens (tertiary/aromatic N) is 3. The van der Waals surface area contributed by atoms with Crippen molar-refractivity contribution < 1.29 is 4.39 Å². The third-order valence-corrected chi connectivity index (χ3v) is 3.89. The molecule has 0 amide bonds. The number of rotatable bonds is 2. The first kappa shape index (κ1) is 11.2. The Morgan fingerprint density at radius 1 is 1.44 bits per heavy atom. The van der Waals surface area contributed by atoms with Gasteiger partial charge in [-0.1, -0.05) is 19.1 Å². The summed E-state index contributed by atoms with van der Waals surface area (Å²) in [5.74, 6) is -0.124. The van der Waals surface area contributed by atoms with Crippen molar-refractivity contribution in [1.29, 1.82) is 0 Å². The molecule has 2 aromatic heterocycles. The van der Waals surface area contributed by atoms with Crippen molar-refractivity contribution in [2.75, 3.05) is 5.73 Å². The largest absolute Gasteiger partial charge is 0.367 e. The Labute approximate surface area is 104 Å². The molecule has 0 spiro atoms. The Hall–Kier alpha value is -1.91. The fourth-order valence-electron chi connectivity index (χ4n) is 2.72. The Morgan fingerprint density at radius 2 is 2.17 bits per heavy atom. The second-order valence-electron chi connectivity index (χ2n) is 4.80. The molecule has 0 bridgehead atoms. The summed E-state index contributed by atoms with van der Waals surface area (Å²) < 4.78 is 15.5. The molecule has 1 aliphatic rings. The van der Waals surface area contributed by atoms with Gasteiger partial charge in [0.1, 0.15) is 5.52 Å². The average molecular weight is 246 g/mol. The van der Waals surface area contributed by atoms with Crippen LogP contribution in [0.4, 0.5) is 10.3 Å². The van der Waals surface area contributed by atoms with Gasteiger partial charge in [-0.2, -0.15) is 0 Å². The van der Waals surface area contributed by atoms with E-state index in [0.717, 1.165) is 25.0 Å². The van der Waals surface area contributed by atoms with E-state index in [-0.39, 0.29) is 17.2 Å². The number of fused-ring (bicyclic) bond motifs is 1. The van der Waals surface area contributed by atoms with Crippen molar-refractivity contribution in [1.82, 2.24) is 14.6 Å². The van der Waals surface area contributed by atoms with Crippen LogP contribution in [-0.2, 0) is 5.41 Å². The molecule has 2 aromatic rings. The van der Waals surface area contributed by atoms with Gasteiger partial charge in [-0.15, -0.1) is 5.10 Å². The molecule has 3 rings (SSSR count). The van der Waals surface area contributed by atoms with Crippen LogP contribution < -0.4 is 5.73 Å². The van der Waals surface area contributed by atoms with E-state index in [4.69, 9.17) is 5.73 Å². The standard InChI is InChI=1S/C13H15FN4/c1-2-13(5-3-4-6-13)11-7-9(14)10-8-16-12(15)17-18(10)11/h3-4,7-8H,2,5-6H2,1H3,(H2,15,17). The van der Waals surface area contributed by atoms with Crippen LogP contribution in [0.25, 0.3) is 5.52 Å². The fourth-order valence-corrected chi connectivity index (χ4v) is 2.72. The lowest BCUT2D eigenvalue weighted by atomic mass is 9.79. The van der Waals surface area contributed by atoms with E-state index in [0.29, 0.717) is 5.52 Å². The van der Waals surface area contributed by atoms with E-state index in [2.05, 4.69) is 29.2 Å². The molecule has 0 unspecified atom stereocenters. The molecule has 18 heavy (non-hydrogen) atoms. The van der Waals surface area contributed by atoms with Crippen molar-refractivity contribution in [2.24, 2.45) is 0 Å². The molecule has 0 radical (unpaired) electrons. The van der Waals surface area contributed by atoms with Crippen LogP contribution in [0, 0.1) is 5.82 Å². The lowest BCUT2D eigenvalue weighted by molar-refractivity contribution is 0.419. The zero-order chi connectivity index (χ0) is 12.8. The van der Waals surface area contributed by atoms with Crippen LogP contribution in [0.1, 0.15) is 31.9 Å². The van der Waals surface area contributed by atoms with Crippen LogP contribution in [-0.4, -0.2) is 14.6 Å². The number of nitrogens with two attached hydrogens (primary N) is 1. The summed E-state index contributed by atoms with van der Waals surface area (Å²) in [4.78, 5) is 3.85. The summed E-state index contributed by atoms with van der Waals surface area (Å²) in [5.41, 5.74) is 6.82. The fraction of sp³-hybridized carbons (Fsp3) is 0.385. The highest BCUT2D eigenvalue weighted by molar-refractivity contribution is 5.51. The highest BCUT2D eigenvalue weighted by Crippen LogP contribution is 2.40. The molecule has 0 atom stereocenters. The van der Waals surface area contributed by atoms with Crippen LogP contribution in [0.2, 0.25) is 0 Å². The summed E-state index contributed by atoms with van der Waals surface area (Å²) in [7, 11) is 0. The van der Waals surface area contributed by atoms with E-state index in [9.17, 15) is 4.39 Å². The SMILES string of the molecule is CCC1(c2cc(F)c3cnc(N)nn23)CC=CC1. The predicted octanol–water partition coefficient (Wildman–Crippen LogP) is 2.45. The maximum absolute atomic E-state index is 13.9. The first-order valence-electron chi connectivity index (χ1n) is 6.11. The molecule has 1 aliphatic carbocycles. The number of hydrogen-bond donors (Lipinski definition) is 1. The van der Waals surface area contributed by atoms with E-state index < -0.39 is 0 Å². The van der Waals surface area contributed by atoms with E-state index in [1.54, 1.807) is 10.6 Å². The van der Waals surface area contributed by atoms with Crippen molar-refractivity contribution in [2.45, 2.75) is 31.6 Å². The number of anilines is 1. The van der Waals surface area contributed by atoms with Gasteiger partial charge in [-0.25, -0.2) is 13.9 Å². The molecule has 5 heteroatoms. The summed E-state index contributed by atoms with van der Waals surface area (Å²) in [6, 6.07) is 1.57. The maximum atomic E-state index is 13.9. The lowest BCUT2D eigenvalue weighted by Crippen LogP contribution is -2.24. The summed E-state index contributed by atoms with van der Waals surface area (Å²) in [5, 5.41) is 4.15. The van der Waals surface area contributed by atoms with Crippen LogP contribution in [0.15, 0.2) is 24.4 Å². The molecule has 0 saturated carbocycles. The highest BCUT2D eigenvalue weighted by Gasteiger charge is 2.35. The molecule has 0 fully saturated rings. The van der Waals surface area contributed by atoms with Gasteiger partial charge in [0.2, 0.25) is 5.95 Å². The highest BCUT2D eigenvalue weighted by atomic mass is 19.1. The van der Waals surface area contributed by atoms with Crippen molar-refractivity contribution >= 4 is 11.5 Å². The predicted molar refractivity (Wildman–Crippen MR) is 67.7 cm³/mol. The number of hydrogen-bond acceptors (Lipinski definition) is 3. The molecule has 2 heterocycles. The van der Waals surface area contributed by atoms with E-state index >= 15 is 0 Å². The molecule has 0 aliphatic heterocycles. The van der Waals surface area contributed by atoms with Gasteiger partial charge in [0.05, 0.1) is 11.9 Å². The van der Waals surface area contributed by atoms with Crippen LogP contribution in [0.3, 0.4) is 0 Å². The third-order valence-electron chi connectivity index (χ3n) is 3.89. The van der Waals surface area contributed by atoms with Gasteiger partial charge >= 0.3 is 0 Å². The number of allylic oxidation sites excluding steroid dienone is 2. The summed E-state index contributed by atoms with van der Waals surface area (Å²) in [6.45, 7) is 2.12. The Bertz CT molecular complexity index is 621. The quantitative estimate of drug-likeness (QED) is 0.828. The normalized spacial score (nSPS) is 17.7. The molecular weight excluding hydrogens is 231 g/mol. The van der Waals surface area contributed by atoms with E-state index in [1.165, 1.54) is 6.20 Å². The van der Waals surface area contributed by atoms with Gasteiger partial charge in [-0.3, -0.25) is 0 Å². The molecule has 0 saturated heterocycles. The third kappa shape index (κ3) is 1.43. The molecule has 2 N–H and O–H groups in total. The van der Waals surface area contributed by atoms with E-state index in [1.807, 2.05) is 0 Å². The first-order chi connectivity index (χ1) is 8.66. The monoisotopic (exact) mass is 246 g/mol. The van der Waals surface area contributed by atoms with Crippen molar-refractivity contribution in [3.63, 3.8) is 0 Å². The zero-order valence-corrected chi connectivity index (χ0v) is 10.2. The second-order valence-corrected chi connectivity index (χ2v) is 4.80. The number of aromatic nitrogens is 3. The smallest absolute Gasteiger partial charge is 0.238 e. The van der Waals surface area contributed by atoms with Gasteiger partial charge in [-0.05, 0) is 25.3 Å². The van der Waals surface area contributed by atoms with Gasteiger partial charge < -0.3 is 5.73 Å². The molecular formula is C13H15FN4. The van der Waals surface area contributed by atoms with Crippen molar-refractivity contribution in [3.05, 3.63) is 35.9 Å². The van der Waals surface area contributed by atoms with Gasteiger partial charge in [0.15, 0.2) is 5.82 Å². The van der Waals surface area contributed by atoms with Gasteiger partial charge in [0.25, 0.3) is 0 Å². The van der Waals surface area contributed by atoms with Crippen molar-refractivity contribution in [3.8, 4) is 0 Å². The first-order valence-corrected chi connectivity index (χ1v) is 6.11. The van der Waals surface area contributed by atoms with Gasteiger partial charge in [0, 0.05) is 5.41 Å². The zero-order valence-electron chi connectivity index (χ0n) is 10.2. The molecule has 94 valence electrons. The van der Waals surface area contributed by atoms with Crippen LogP contribution >= 0.6 is 0 Å². The molecule has 4 nitrogen and oxygen atoms in total. The Morgan fingerprint density at radius 3 is 2.83 bits per heavy atom. The summed E-state index contributed by atoms with van der Waals surface area (Å²) in [6.07, 6.45) is 8.50. The minimum atomic E-state index is -0.287. The Balaban J connectivity index is 2.25. The lowest BCUT2D eigenvalue weighted by Gasteiger charge is -2.26. The maximum Gasteiger partial charge on any atom is 0.238 e. The van der Waals surface area contributed by atoms with Crippen LogP contribution in [0.5, 0.6) is 0 Å². The Kier molecular flexibility index (Phi) is 2.36. The average Bonchev–Trinajstić information content (AvgIpc) is 2.95. The topological polar surface area (TPSA) is 56.2 Å². The summed E-state index contributed by atoms with van der Waals surface area (Å²) >= 11 is 0. The number of nitrogen functional groups attached to an aromatic ring is 1. The minimum Gasteiger partial charge on any atom is -0.367 e. The second kappa shape index (κ2) is 3.80. The minimum absolute atomic E-state index is 0.0615. The number of halogens is 1. The molecule has 0 aromatic carbocycles.